The van der Waals surface area contributed by atoms with Crippen molar-refractivity contribution in [1.82, 2.24) is 5.32 Å². The van der Waals surface area contributed by atoms with Gasteiger partial charge in [-0.25, -0.2) is 4.99 Å². The number of amides is 1. The van der Waals surface area contributed by atoms with Crippen LogP contribution in [0.3, 0.4) is 0 Å². The molecule has 2 N–H and O–H groups in total. The second kappa shape index (κ2) is 6.93. The second-order valence-corrected chi connectivity index (χ2v) is 6.58. The Morgan fingerprint density at radius 1 is 1.00 bits per heavy atom. The molecule has 1 aliphatic heterocycles. The van der Waals surface area contributed by atoms with Crippen molar-refractivity contribution in [3.8, 4) is 17.1 Å². The van der Waals surface area contributed by atoms with Gasteiger partial charge in [0.1, 0.15) is 23.1 Å². The fourth-order valence-electron chi connectivity index (χ4n) is 2.49. The molecule has 0 spiro atoms. The number of hydrogen-bond acceptors (Lipinski definition) is 5. The Bertz CT molecular complexity index is 1010. The van der Waals surface area contributed by atoms with E-state index in [1.54, 1.807) is 30.3 Å². The Morgan fingerprint density at radius 2 is 1.77 bits per heavy atom. The Balaban J connectivity index is 1.64. The lowest BCUT2D eigenvalue weighted by Gasteiger charge is -1.99. The fraction of sp³-hybridized carbons (Fsp3) is 0. The minimum absolute atomic E-state index is 0.165. The van der Waals surface area contributed by atoms with Gasteiger partial charge in [0.2, 0.25) is 0 Å². The number of carbonyl (C=O) groups is 1. The van der Waals surface area contributed by atoms with Crippen LogP contribution in [0.1, 0.15) is 5.76 Å². The highest BCUT2D eigenvalue weighted by molar-refractivity contribution is 8.18. The van der Waals surface area contributed by atoms with Gasteiger partial charge < -0.3 is 14.8 Å². The molecule has 4 rings (SSSR count). The van der Waals surface area contributed by atoms with E-state index in [1.807, 2.05) is 42.5 Å². The molecule has 0 radical (unpaired) electrons. The molecule has 5 nitrogen and oxygen atoms in total. The van der Waals surface area contributed by atoms with Crippen LogP contribution in [0.2, 0.25) is 0 Å². The zero-order chi connectivity index (χ0) is 17.9. The molecule has 2 aromatic carbocycles. The molecular weight excluding hydrogens is 348 g/mol. The zero-order valence-corrected chi connectivity index (χ0v) is 14.4. The van der Waals surface area contributed by atoms with Crippen LogP contribution in [0.25, 0.3) is 17.4 Å². The van der Waals surface area contributed by atoms with E-state index in [2.05, 4.69) is 10.3 Å². The van der Waals surface area contributed by atoms with Crippen molar-refractivity contribution in [1.29, 1.82) is 0 Å². The predicted molar refractivity (Wildman–Crippen MR) is 103 cm³/mol. The summed E-state index contributed by atoms with van der Waals surface area (Å²) in [4.78, 5) is 16.9. The summed E-state index contributed by atoms with van der Waals surface area (Å²) in [5.74, 6) is 2.03. The maximum atomic E-state index is 11.8. The summed E-state index contributed by atoms with van der Waals surface area (Å²) in [6.07, 6.45) is 1.79. The summed E-state index contributed by atoms with van der Waals surface area (Å²) in [6.45, 7) is 0. The Kier molecular flexibility index (Phi) is 4.33. The minimum atomic E-state index is -0.191. The Morgan fingerprint density at radius 3 is 2.54 bits per heavy atom. The van der Waals surface area contributed by atoms with E-state index in [0.29, 0.717) is 22.2 Å². The lowest BCUT2D eigenvalue weighted by Crippen LogP contribution is -2.18. The molecular formula is C20H14N2O3S. The minimum Gasteiger partial charge on any atom is -0.508 e. The van der Waals surface area contributed by atoms with Gasteiger partial charge >= 0.3 is 0 Å². The summed E-state index contributed by atoms with van der Waals surface area (Å²) < 4.78 is 5.86. The molecule has 2 heterocycles. The topological polar surface area (TPSA) is 74.8 Å². The molecule has 1 amide bonds. The lowest BCUT2D eigenvalue weighted by atomic mass is 10.2. The van der Waals surface area contributed by atoms with Crippen molar-refractivity contribution in [2.75, 3.05) is 0 Å². The smallest absolute Gasteiger partial charge is 0.289 e. The van der Waals surface area contributed by atoms with Gasteiger partial charge in [0, 0.05) is 5.56 Å². The molecule has 0 bridgehead atoms. The zero-order valence-electron chi connectivity index (χ0n) is 13.5. The van der Waals surface area contributed by atoms with Gasteiger partial charge in [0.15, 0.2) is 0 Å². The van der Waals surface area contributed by atoms with Crippen molar-refractivity contribution in [2.24, 2.45) is 4.99 Å². The van der Waals surface area contributed by atoms with Crippen molar-refractivity contribution in [3.63, 3.8) is 0 Å². The monoisotopic (exact) mass is 362 g/mol. The average molecular weight is 362 g/mol. The highest BCUT2D eigenvalue weighted by Crippen LogP contribution is 2.30. The molecule has 0 aliphatic carbocycles. The van der Waals surface area contributed by atoms with Crippen LogP contribution in [0, 0.1) is 0 Å². The largest absolute Gasteiger partial charge is 0.508 e. The van der Waals surface area contributed by atoms with Crippen molar-refractivity contribution in [2.45, 2.75) is 0 Å². The fourth-order valence-corrected chi connectivity index (χ4v) is 3.20. The van der Waals surface area contributed by atoms with Gasteiger partial charge in [-0.05, 0) is 54.2 Å². The van der Waals surface area contributed by atoms with Crippen LogP contribution in [0.4, 0.5) is 10.5 Å². The number of nitrogens with one attached hydrogen (secondary N) is 1. The van der Waals surface area contributed by atoms with E-state index in [4.69, 9.17) is 4.42 Å². The summed E-state index contributed by atoms with van der Waals surface area (Å²) in [5, 5.41) is 11.9. The van der Waals surface area contributed by atoms with Gasteiger partial charge in [-0.2, -0.15) is 0 Å². The van der Waals surface area contributed by atoms with E-state index in [0.717, 1.165) is 23.1 Å². The quantitative estimate of drug-likeness (QED) is 0.673. The SMILES string of the molecule is O=C1NC(=Nc2ccc(O)cc2)C(=Cc2ccc(-c3ccccc3)o2)S1. The number of nitrogens with zero attached hydrogens (tertiary/aromatic N) is 1. The van der Waals surface area contributed by atoms with Crippen LogP contribution in [-0.4, -0.2) is 16.2 Å². The third-order valence-corrected chi connectivity index (χ3v) is 4.52. The Labute approximate surface area is 154 Å². The molecule has 26 heavy (non-hydrogen) atoms. The molecule has 128 valence electrons. The maximum absolute atomic E-state index is 11.8. The standard InChI is InChI=1S/C20H14N2O3S/c23-15-8-6-14(7-9-15)21-19-18(26-20(24)22-19)12-16-10-11-17(25-16)13-4-2-1-3-5-13/h1-12,23H,(H,21,22,24). The number of furan rings is 1. The predicted octanol–water partition coefficient (Wildman–Crippen LogP) is 5.18. The second-order valence-electron chi connectivity index (χ2n) is 5.57. The molecule has 1 aliphatic rings. The first kappa shape index (κ1) is 16.2. The normalized spacial score (nSPS) is 17.0. The number of aliphatic imine (C=N–C) groups is 1. The molecule has 3 aromatic rings. The molecule has 1 fully saturated rings. The van der Waals surface area contributed by atoms with E-state index < -0.39 is 0 Å². The number of aromatic hydroxyl groups is 1. The summed E-state index contributed by atoms with van der Waals surface area (Å²) in [6, 6.07) is 20.0. The highest BCUT2D eigenvalue weighted by Gasteiger charge is 2.24. The number of benzene rings is 2. The number of amidine groups is 1. The third kappa shape index (κ3) is 3.55. The van der Waals surface area contributed by atoms with Crippen molar-refractivity contribution in [3.05, 3.63) is 77.4 Å². The summed E-state index contributed by atoms with van der Waals surface area (Å²) >= 11 is 1.07. The van der Waals surface area contributed by atoms with Crippen LogP contribution >= 0.6 is 11.8 Å². The van der Waals surface area contributed by atoms with Gasteiger partial charge in [0.25, 0.3) is 5.24 Å². The van der Waals surface area contributed by atoms with Gasteiger partial charge in [-0.1, -0.05) is 30.3 Å². The van der Waals surface area contributed by atoms with Crippen LogP contribution in [0.15, 0.2) is 81.0 Å². The molecule has 0 unspecified atom stereocenters. The maximum Gasteiger partial charge on any atom is 0.289 e. The molecule has 0 atom stereocenters. The van der Waals surface area contributed by atoms with E-state index >= 15 is 0 Å². The van der Waals surface area contributed by atoms with E-state index in [1.165, 1.54) is 0 Å². The van der Waals surface area contributed by atoms with Gasteiger partial charge in [-0.15, -0.1) is 0 Å². The number of hydrogen-bond donors (Lipinski definition) is 2. The van der Waals surface area contributed by atoms with Gasteiger partial charge in [-0.3, -0.25) is 4.79 Å². The first-order chi connectivity index (χ1) is 12.7. The van der Waals surface area contributed by atoms with Crippen LogP contribution in [0.5, 0.6) is 5.75 Å². The highest BCUT2D eigenvalue weighted by atomic mass is 32.2. The number of carbonyl (C=O) groups excluding carboxylic acids is 1. The van der Waals surface area contributed by atoms with Crippen molar-refractivity contribution < 1.29 is 14.3 Å². The third-order valence-electron chi connectivity index (χ3n) is 3.71. The van der Waals surface area contributed by atoms with Gasteiger partial charge in [0.05, 0.1) is 10.6 Å². The molecule has 1 aromatic heterocycles. The lowest BCUT2D eigenvalue weighted by molar-refractivity contribution is 0.265. The molecule has 1 saturated heterocycles. The first-order valence-corrected chi connectivity index (χ1v) is 8.73. The van der Waals surface area contributed by atoms with Crippen LogP contribution < -0.4 is 5.32 Å². The van der Waals surface area contributed by atoms with E-state index in [-0.39, 0.29) is 11.0 Å². The first-order valence-electron chi connectivity index (χ1n) is 7.91. The van der Waals surface area contributed by atoms with Crippen molar-refractivity contribution >= 4 is 34.6 Å². The number of phenols is 1. The van der Waals surface area contributed by atoms with E-state index in [9.17, 15) is 9.90 Å². The Hall–Kier alpha value is -3.25. The number of phenolic OH excluding ortho intramolecular Hbond substituents is 1. The average Bonchev–Trinajstić information content (AvgIpc) is 3.25. The summed E-state index contributed by atoms with van der Waals surface area (Å²) in [5.41, 5.74) is 1.62. The van der Waals surface area contributed by atoms with Crippen LogP contribution in [-0.2, 0) is 0 Å². The number of rotatable bonds is 3. The molecule has 0 saturated carbocycles. The molecule has 6 heteroatoms. The number of thioether (sulfide) groups is 1. The summed E-state index contributed by atoms with van der Waals surface area (Å²) in [7, 11) is 0.